The van der Waals surface area contributed by atoms with E-state index in [1.165, 1.54) is 0 Å². The van der Waals surface area contributed by atoms with Crippen LogP contribution in [-0.4, -0.2) is 23.0 Å². The predicted octanol–water partition coefficient (Wildman–Crippen LogP) is 2.22. The molecule has 0 atom stereocenters. The van der Waals surface area contributed by atoms with E-state index in [0.29, 0.717) is 20.0 Å². The third-order valence-electron chi connectivity index (χ3n) is 3.00. The SMILES string of the molecule is c1cc(COCCCn2ccnc2)c2c(c1)OCO2. The molecule has 0 amide bonds. The van der Waals surface area contributed by atoms with E-state index >= 15 is 0 Å². The fourth-order valence-electron chi connectivity index (χ4n) is 2.05. The molecule has 3 rings (SSSR count). The van der Waals surface area contributed by atoms with Gasteiger partial charge in [0.2, 0.25) is 6.79 Å². The van der Waals surface area contributed by atoms with Crippen molar-refractivity contribution in [2.75, 3.05) is 13.4 Å². The van der Waals surface area contributed by atoms with Crippen molar-refractivity contribution in [2.45, 2.75) is 19.6 Å². The zero-order valence-electron chi connectivity index (χ0n) is 10.6. The quantitative estimate of drug-likeness (QED) is 0.747. The van der Waals surface area contributed by atoms with Gasteiger partial charge in [0.05, 0.1) is 12.9 Å². The van der Waals surface area contributed by atoms with E-state index < -0.39 is 0 Å². The predicted molar refractivity (Wildman–Crippen MR) is 69.1 cm³/mol. The molecule has 1 aromatic carbocycles. The molecule has 2 aromatic rings. The highest BCUT2D eigenvalue weighted by molar-refractivity contribution is 5.47. The number of fused-ring (bicyclic) bond motifs is 1. The smallest absolute Gasteiger partial charge is 0.231 e. The van der Waals surface area contributed by atoms with Gasteiger partial charge in [-0.25, -0.2) is 4.98 Å². The Balaban J connectivity index is 1.44. The maximum Gasteiger partial charge on any atom is 0.231 e. The maximum absolute atomic E-state index is 5.67. The van der Waals surface area contributed by atoms with Gasteiger partial charge in [-0.3, -0.25) is 0 Å². The Labute approximate surface area is 111 Å². The summed E-state index contributed by atoms with van der Waals surface area (Å²) in [4.78, 5) is 4.00. The lowest BCUT2D eigenvalue weighted by Crippen LogP contribution is -2.02. The Morgan fingerprint density at radius 3 is 3.21 bits per heavy atom. The van der Waals surface area contributed by atoms with E-state index in [0.717, 1.165) is 30.0 Å². The van der Waals surface area contributed by atoms with Gasteiger partial charge in [0.25, 0.3) is 0 Å². The van der Waals surface area contributed by atoms with Crippen LogP contribution in [0, 0.1) is 0 Å². The first-order valence-electron chi connectivity index (χ1n) is 6.34. The number of aryl methyl sites for hydroxylation is 1. The molecule has 0 bridgehead atoms. The molecule has 0 N–H and O–H groups in total. The molecule has 5 heteroatoms. The molecule has 1 aliphatic rings. The van der Waals surface area contributed by atoms with Crippen molar-refractivity contribution in [2.24, 2.45) is 0 Å². The van der Waals surface area contributed by atoms with Gasteiger partial charge in [-0.2, -0.15) is 0 Å². The summed E-state index contributed by atoms with van der Waals surface area (Å²) >= 11 is 0. The molecule has 0 saturated carbocycles. The fraction of sp³-hybridized carbons (Fsp3) is 0.357. The molecule has 0 radical (unpaired) electrons. The van der Waals surface area contributed by atoms with Crippen molar-refractivity contribution >= 4 is 0 Å². The van der Waals surface area contributed by atoms with E-state index in [9.17, 15) is 0 Å². The third kappa shape index (κ3) is 2.88. The summed E-state index contributed by atoms with van der Waals surface area (Å²) in [6, 6.07) is 5.87. The average molecular weight is 260 g/mol. The number of rotatable bonds is 6. The van der Waals surface area contributed by atoms with Gasteiger partial charge < -0.3 is 18.8 Å². The summed E-state index contributed by atoms with van der Waals surface area (Å²) in [5.74, 6) is 1.62. The summed E-state index contributed by atoms with van der Waals surface area (Å²) in [6.07, 6.45) is 6.51. The van der Waals surface area contributed by atoms with Crippen LogP contribution in [0.4, 0.5) is 0 Å². The summed E-state index contributed by atoms with van der Waals surface area (Å²) in [6.45, 7) is 2.48. The first kappa shape index (κ1) is 12.0. The Morgan fingerprint density at radius 1 is 1.32 bits per heavy atom. The fourth-order valence-corrected chi connectivity index (χ4v) is 2.05. The van der Waals surface area contributed by atoms with Crippen molar-refractivity contribution in [3.05, 3.63) is 42.5 Å². The highest BCUT2D eigenvalue weighted by Gasteiger charge is 2.16. The van der Waals surface area contributed by atoms with E-state index in [2.05, 4.69) is 4.98 Å². The molecule has 0 saturated heterocycles. The van der Waals surface area contributed by atoms with E-state index in [4.69, 9.17) is 14.2 Å². The van der Waals surface area contributed by atoms with Crippen molar-refractivity contribution in [3.8, 4) is 11.5 Å². The second-order valence-corrected chi connectivity index (χ2v) is 4.36. The molecule has 19 heavy (non-hydrogen) atoms. The van der Waals surface area contributed by atoms with Crippen LogP contribution in [0.3, 0.4) is 0 Å². The van der Waals surface area contributed by atoms with Crippen molar-refractivity contribution in [3.63, 3.8) is 0 Å². The standard InChI is InChI=1S/C14H16N2O3/c1-3-12(14-13(4-1)18-11-19-14)9-17-8-2-6-16-7-5-15-10-16/h1,3-5,7,10H,2,6,8-9,11H2. The number of hydrogen-bond donors (Lipinski definition) is 0. The van der Waals surface area contributed by atoms with E-state index in [1.54, 1.807) is 6.20 Å². The minimum absolute atomic E-state index is 0.299. The van der Waals surface area contributed by atoms with Crippen LogP contribution in [0.25, 0.3) is 0 Å². The van der Waals surface area contributed by atoms with Crippen LogP contribution in [-0.2, 0) is 17.9 Å². The second kappa shape index (κ2) is 5.75. The van der Waals surface area contributed by atoms with Gasteiger partial charge in [-0.05, 0) is 12.5 Å². The Kier molecular flexibility index (Phi) is 3.65. The van der Waals surface area contributed by atoms with Gasteiger partial charge >= 0.3 is 0 Å². The van der Waals surface area contributed by atoms with Crippen LogP contribution in [0.1, 0.15) is 12.0 Å². The Morgan fingerprint density at radius 2 is 2.32 bits per heavy atom. The lowest BCUT2D eigenvalue weighted by Gasteiger charge is -2.07. The summed E-state index contributed by atoms with van der Waals surface area (Å²) in [5.41, 5.74) is 1.04. The summed E-state index contributed by atoms with van der Waals surface area (Å²) in [7, 11) is 0. The van der Waals surface area contributed by atoms with Crippen LogP contribution in [0.5, 0.6) is 11.5 Å². The van der Waals surface area contributed by atoms with Gasteiger partial charge in [0.1, 0.15) is 0 Å². The number of para-hydroxylation sites is 1. The molecular formula is C14H16N2O3. The molecule has 2 heterocycles. The first-order chi connectivity index (χ1) is 9.43. The topological polar surface area (TPSA) is 45.5 Å². The zero-order valence-corrected chi connectivity index (χ0v) is 10.6. The molecule has 0 aliphatic carbocycles. The highest BCUT2D eigenvalue weighted by atomic mass is 16.7. The number of imidazole rings is 1. The molecule has 0 spiro atoms. The first-order valence-corrected chi connectivity index (χ1v) is 6.34. The van der Waals surface area contributed by atoms with Gasteiger partial charge in [-0.15, -0.1) is 0 Å². The molecule has 0 fully saturated rings. The average Bonchev–Trinajstić information content (AvgIpc) is 3.09. The number of benzene rings is 1. The van der Waals surface area contributed by atoms with Crippen LogP contribution >= 0.6 is 0 Å². The minimum Gasteiger partial charge on any atom is -0.454 e. The Hall–Kier alpha value is -2.01. The van der Waals surface area contributed by atoms with Gasteiger partial charge in [-0.1, -0.05) is 12.1 Å². The lowest BCUT2D eigenvalue weighted by atomic mass is 10.2. The number of nitrogens with zero attached hydrogens (tertiary/aromatic N) is 2. The van der Waals surface area contributed by atoms with E-state index in [-0.39, 0.29) is 0 Å². The zero-order chi connectivity index (χ0) is 12.9. The lowest BCUT2D eigenvalue weighted by molar-refractivity contribution is 0.112. The molecule has 1 aromatic heterocycles. The summed E-state index contributed by atoms with van der Waals surface area (Å²) in [5, 5.41) is 0. The second-order valence-electron chi connectivity index (χ2n) is 4.36. The number of hydrogen-bond acceptors (Lipinski definition) is 4. The Bertz CT molecular complexity index is 525. The summed E-state index contributed by atoms with van der Waals surface area (Å²) < 4.78 is 18.5. The molecule has 100 valence electrons. The molecule has 5 nitrogen and oxygen atoms in total. The highest BCUT2D eigenvalue weighted by Crippen LogP contribution is 2.35. The van der Waals surface area contributed by atoms with Gasteiger partial charge in [0.15, 0.2) is 11.5 Å². The number of aromatic nitrogens is 2. The van der Waals surface area contributed by atoms with Crippen LogP contribution in [0.2, 0.25) is 0 Å². The van der Waals surface area contributed by atoms with Gasteiger partial charge in [0, 0.05) is 31.1 Å². The third-order valence-corrected chi connectivity index (χ3v) is 3.00. The molecule has 0 unspecified atom stereocenters. The normalized spacial score (nSPS) is 12.8. The maximum atomic E-state index is 5.67. The van der Waals surface area contributed by atoms with Crippen LogP contribution < -0.4 is 9.47 Å². The largest absolute Gasteiger partial charge is 0.454 e. The van der Waals surface area contributed by atoms with E-state index in [1.807, 2.05) is 35.3 Å². The van der Waals surface area contributed by atoms with Crippen molar-refractivity contribution < 1.29 is 14.2 Å². The monoisotopic (exact) mass is 260 g/mol. The van der Waals surface area contributed by atoms with Crippen molar-refractivity contribution in [1.29, 1.82) is 0 Å². The minimum atomic E-state index is 0.299. The molecule has 1 aliphatic heterocycles. The molecular weight excluding hydrogens is 244 g/mol. The van der Waals surface area contributed by atoms with Crippen LogP contribution in [0.15, 0.2) is 36.9 Å². The number of ether oxygens (including phenoxy) is 3. The van der Waals surface area contributed by atoms with Crippen molar-refractivity contribution in [1.82, 2.24) is 9.55 Å².